The van der Waals surface area contributed by atoms with Gasteiger partial charge in [-0.15, -0.1) is 0 Å². The summed E-state index contributed by atoms with van der Waals surface area (Å²) in [7, 11) is -1.55. The molecule has 0 aliphatic carbocycles. The number of aliphatic hydroxyl groups excluding tert-OH is 1. The molecule has 7 heteroatoms. The molecule has 1 unspecified atom stereocenters. The second-order valence-electron chi connectivity index (χ2n) is 6.65. The van der Waals surface area contributed by atoms with Crippen molar-refractivity contribution in [2.45, 2.75) is 59.1 Å². The quantitative estimate of drug-likeness (QED) is 0.288. The van der Waals surface area contributed by atoms with Gasteiger partial charge in [-0.2, -0.15) is 4.99 Å². The van der Waals surface area contributed by atoms with E-state index in [0.717, 1.165) is 12.8 Å². The van der Waals surface area contributed by atoms with Gasteiger partial charge < -0.3 is 10.8 Å². The van der Waals surface area contributed by atoms with Crippen molar-refractivity contribution in [2.75, 3.05) is 6.54 Å². The summed E-state index contributed by atoms with van der Waals surface area (Å²) in [4.78, 5) is 15.9. The molecule has 0 bridgehead atoms. The number of nitrogens with one attached hydrogen (secondary N) is 1. The first-order chi connectivity index (χ1) is 9.92. The Kier molecular flexibility index (Phi) is 7.97. The van der Waals surface area contributed by atoms with Crippen LogP contribution in [0.4, 0.5) is 0 Å². The molecule has 0 fully saturated rings. The molecule has 4 N–H and O–H groups in total. The maximum atomic E-state index is 12.2. The highest BCUT2D eigenvalue weighted by molar-refractivity contribution is 7.85. The third kappa shape index (κ3) is 6.70. The number of amidine groups is 1. The molecule has 0 aromatic heterocycles. The molecule has 0 aliphatic heterocycles. The first kappa shape index (κ1) is 20.8. The van der Waals surface area contributed by atoms with Crippen LogP contribution in [0, 0.1) is 5.41 Å². The van der Waals surface area contributed by atoms with Crippen molar-refractivity contribution < 1.29 is 14.1 Å². The van der Waals surface area contributed by atoms with E-state index >= 15 is 0 Å². The summed E-state index contributed by atoms with van der Waals surface area (Å²) in [5, 5.41) is 9.84. The van der Waals surface area contributed by atoms with Crippen LogP contribution in [0.25, 0.3) is 0 Å². The Labute approximate surface area is 135 Å². The topological polar surface area (TPSA) is 105 Å². The Bertz CT molecular complexity index is 477. The molecule has 0 spiro atoms. The minimum atomic E-state index is -1.55. The summed E-state index contributed by atoms with van der Waals surface area (Å²) < 4.78 is 13.8. The normalized spacial score (nSPS) is 15.7. The number of nitrogens with zero attached hydrogens (tertiary/aromatic N) is 1. The second kappa shape index (κ2) is 8.43. The average molecular weight is 331 g/mol. The van der Waals surface area contributed by atoms with E-state index < -0.39 is 27.1 Å². The first-order valence-corrected chi connectivity index (χ1v) is 8.53. The molecule has 0 saturated carbocycles. The van der Waals surface area contributed by atoms with Crippen LogP contribution in [0.15, 0.2) is 16.8 Å². The molecule has 0 aromatic rings. The summed E-state index contributed by atoms with van der Waals surface area (Å²) in [5.74, 6) is -0.664. The lowest BCUT2D eigenvalue weighted by molar-refractivity contribution is -0.119. The number of rotatable bonds is 7. The fraction of sp³-hybridized carbons (Fsp3) is 0.733. The number of carbonyl (C=O) groups is 1. The van der Waals surface area contributed by atoms with Crippen molar-refractivity contribution in [1.82, 2.24) is 4.72 Å². The van der Waals surface area contributed by atoms with Gasteiger partial charge in [-0.05, 0) is 20.3 Å². The lowest BCUT2D eigenvalue weighted by atomic mass is 9.93. The largest absolute Gasteiger partial charge is 0.512 e. The number of carbonyl (C=O) groups excluding carboxylic acids is 1. The number of allylic oxidation sites excluding steroid dienone is 1. The van der Waals surface area contributed by atoms with E-state index in [9.17, 15) is 14.1 Å². The molecule has 1 atom stereocenters. The highest BCUT2D eigenvalue weighted by atomic mass is 32.2. The van der Waals surface area contributed by atoms with Gasteiger partial charge in [-0.1, -0.05) is 34.1 Å². The zero-order chi connectivity index (χ0) is 17.6. The Balaban J connectivity index is 5.01. The highest BCUT2D eigenvalue weighted by Crippen LogP contribution is 2.22. The van der Waals surface area contributed by atoms with E-state index in [1.54, 1.807) is 13.8 Å². The van der Waals surface area contributed by atoms with E-state index in [1.807, 2.05) is 27.7 Å². The number of unbranched alkanes of at least 4 members (excludes halogenated alkanes) is 1. The number of amides is 1. The number of hydrogen-bond acceptors (Lipinski definition) is 3. The van der Waals surface area contributed by atoms with Gasteiger partial charge in [0.1, 0.15) is 27.3 Å². The fourth-order valence-electron chi connectivity index (χ4n) is 1.24. The van der Waals surface area contributed by atoms with Crippen LogP contribution in [0.3, 0.4) is 0 Å². The molecular weight excluding hydrogens is 302 g/mol. The van der Waals surface area contributed by atoms with Gasteiger partial charge in [0.25, 0.3) is 5.91 Å². The van der Waals surface area contributed by atoms with Crippen LogP contribution >= 0.6 is 0 Å². The van der Waals surface area contributed by atoms with Crippen molar-refractivity contribution in [3.05, 3.63) is 11.8 Å². The van der Waals surface area contributed by atoms with Crippen molar-refractivity contribution in [2.24, 2.45) is 16.1 Å². The number of nitrogens with two attached hydrogens (primary N) is 1. The van der Waals surface area contributed by atoms with Gasteiger partial charge in [0.2, 0.25) is 0 Å². The fourth-order valence-corrected chi connectivity index (χ4v) is 2.14. The molecule has 0 saturated heterocycles. The number of aliphatic imine (C=N–C) groups is 1. The SMILES string of the molecule is CCCCNS(=O)C(C)(C)C(=O)N=C(N)/C=C(\O)C(C)(C)C. The van der Waals surface area contributed by atoms with Crippen molar-refractivity contribution in [3.63, 3.8) is 0 Å². The monoisotopic (exact) mass is 331 g/mol. The molecule has 6 nitrogen and oxygen atoms in total. The van der Waals surface area contributed by atoms with Crippen LogP contribution in [-0.2, 0) is 15.8 Å². The Hall–Kier alpha value is -1.21. The molecule has 0 rings (SSSR count). The Morgan fingerprint density at radius 1 is 1.32 bits per heavy atom. The maximum absolute atomic E-state index is 12.2. The van der Waals surface area contributed by atoms with Gasteiger partial charge >= 0.3 is 0 Å². The third-order valence-corrected chi connectivity index (χ3v) is 4.59. The summed E-state index contributed by atoms with van der Waals surface area (Å²) in [6, 6.07) is 0. The van der Waals surface area contributed by atoms with Crippen molar-refractivity contribution in [1.29, 1.82) is 0 Å². The summed E-state index contributed by atoms with van der Waals surface area (Å²) >= 11 is 0. The molecule has 0 aromatic carbocycles. The lowest BCUT2D eigenvalue weighted by Crippen LogP contribution is -2.43. The van der Waals surface area contributed by atoms with Crippen LogP contribution in [-0.4, -0.2) is 32.4 Å². The van der Waals surface area contributed by atoms with Gasteiger partial charge in [0.15, 0.2) is 0 Å². The van der Waals surface area contributed by atoms with Crippen molar-refractivity contribution in [3.8, 4) is 0 Å². The predicted octanol–water partition coefficient (Wildman–Crippen LogP) is 2.19. The van der Waals surface area contributed by atoms with E-state index in [2.05, 4.69) is 9.71 Å². The molecular formula is C15H29N3O3S. The number of hydrogen-bond donors (Lipinski definition) is 3. The van der Waals surface area contributed by atoms with Gasteiger partial charge in [0, 0.05) is 18.0 Å². The third-order valence-electron chi connectivity index (χ3n) is 3.03. The van der Waals surface area contributed by atoms with Crippen LogP contribution in [0.5, 0.6) is 0 Å². The van der Waals surface area contributed by atoms with Crippen molar-refractivity contribution >= 4 is 22.7 Å². The minimum absolute atomic E-state index is 0.0292. The van der Waals surface area contributed by atoms with Gasteiger partial charge in [-0.3, -0.25) is 4.79 Å². The zero-order valence-electron chi connectivity index (χ0n) is 14.4. The molecule has 0 radical (unpaired) electrons. The van der Waals surface area contributed by atoms with E-state index in [4.69, 9.17) is 5.73 Å². The predicted molar refractivity (Wildman–Crippen MR) is 91.9 cm³/mol. The minimum Gasteiger partial charge on any atom is -0.512 e. The van der Waals surface area contributed by atoms with E-state index in [0.29, 0.717) is 6.54 Å². The van der Waals surface area contributed by atoms with Crippen LogP contribution in [0.1, 0.15) is 54.4 Å². The molecule has 1 amide bonds. The Morgan fingerprint density at radius 3 is 2.32 bits per heavy atom. The van der Waals surface area contributed by atoms with Crippen LogP contribution in [0.2, 0.25) is 0 Å². The highest BCUT2D eigenvalue weighted by Gasteiger charge is 2.34. The Morgan fingerprint density at radius 2 is 1.86 bits per heavy atom. The average Bonchev–Trinajstić information content (AvgIpc) is 2.37. The summed E-state index contributed by atoms with van der Waals surface area (Å²) in [6.07, 6.45) is 3.10. The van der Waals surface area contributed by atoms with Gasteiger partial charge in [0.05, 0.1) is 0 Å². The van der Waals surface area contributed by atoms with Gasteiger partial charge in [-0.25, -0.2) is 8.93 Å². The van der Waals surface area contributed by atoms with E-state index in [-0.39, 0.29) is 11.6 Å². The molecule has 22 heavy (non-hydrogen) atoms. The summed E-state index contributed by atoms with van der Waals surface area (Å²) in [5.41, 5.74) is 5.18. The zero-order valence-corrected chi connectivity index (χ0v) is 15.2. The molecule has 128 valence electrons. The van der Waals surface area contributed by atoms with E-state index in [1.165, 1.54) is 6.08 Å². The second-order valence-corrected chi connectivity index (χ2v) is 8.50. The van der Waals surface area contributed by atoms with Crippen LogP contribution < -0.4 is 10.5 Å². The molecule has 0 aliphatic rings. The standard InChI is InChI=1S/C15H29N3O3S/c1-7-8-9-17-22(21)15(5,6)13(20)18-12(16)10-11(19)14(2,3)4/h10,17,19H,7-9H2,1-6H3,(H2,16,18,20)/b11-10-. The number of aliphatic hydroxyl groups is 1. The lowest BCUT2D eigenvalue weighted by Gasteiger charge is -2.20. The summed E-state index contributed by atoms with van der Waals surface area (Å²) in [6.45, 7) is 11.1. The smallest absolute Gasteiger partial charge is 0.267 e. The maximum Gasteiger partial charge on any atom is 0.267 e. The first-order valence-electron chi connectivity index (χ1n) is 7.38. The molecule has 0 heterocycles.